The van der Waals surface area contributed by atoms with Crippen molar-refractivity contribution in [1.82, 2.24) is 0 Å². The third-order valence-corrected chi connectivity index (χ3v) is 8.12. The summed E-state index contributed by atoms with van der Waals surface area (Å²) in [5, 5.41) is 0. The molecule has 4 rings (SSSR count). The SMILES string of the molecule is C[C@]12CCC(OC(=O)Cl)CC1=CC[C@@H]1[C@H]2CC[C@]2(C)C(=O)CC[C@@H]12. The van der Waals surface area contributed by atoms with Gasteiger partial charge in [-0.2, -0.15) is 0 Å². The van der Waals surface area contributed by atoms with Crippen molar-refractivity contribution in [2.24, 2.45) is 28.6 Å². The molecular weight excluding hydrogens is 324 g/mol. The normalized spacial score (nSPS) is 47.3. The van der Waals surface area contributed by atoms with E-state index in [4.69, 9.17) is 16.3 Å². The lowest BCUT2D eigenvalue weighted by Crippen LogP contribution is -2.50. The minimum Gasteiger partial charge on any atom is -0.450 e. The molecule has 0 heterocycles. The molecule has 3 fully saturated rings. The van der Waals surface area contributed by atoms with Gasteiger partial charge in [-0.05, 0) is 61.7 Å². The van der Waals surface area contributed by atoms with E-state index >= 15 is 0 Å². The summed E-state index contributed by atoms with van der Waals surface area (Å²) in [7, 11) is 0. The molecule has 4 aliphatic rings. The number of ketones is 1. The van der Waals surface area contributed by atoms with Crippen LogP contribution in [0.4, 0.5) is 4.79 Å². The zero-order chi connectivity index (χ0) is 17.1. The predicted molar refractivity (Wildman–Crippen MR) is 92.8 cm³/mol. The van der Waals surface area contributed by atoms with Crippen molar-refractivity contribution in [2.75, 3.05) is 0 Å². The van der Waals surface area contributed by atoms with Gasteiger partial charge in [0.25, 0.3) is 0 Å². The minimum atomic E-state index is -0.684. The largest absolute Gasteiger partial charge is 0.450 e. The lowest BCUT2D eigenvalue weighted by atomic mass is 9.48. The number of Topliss-reactive ketones (excluding diaryl/α,β-unsaturated/α-hetero) is 1. The molecule has 0 radical (unpaired) electrons. The molecule has 0 bridgehead atoms. The summed E-state index contributed by atoms with van der Waals surface area (Å²) in [6.07, 6.45) is 10.3. The van der Waals surface area contributed by atoms with E-state index in [2.05, 4.69) is 19.9 Å². The molecule has 0 aromatic heterocycles. The molecule has 0 aromatic rings. The Kier molecular flexibility index (Phi) is 3.87. The van der Waals surface area contributed by atoms with Crippen LogP contribution < -0.4 is 0 Å². The summed E-state index contributed by atoms with van der Waals surface area (Å²) >= 11 is 5.41. The first-order valence-electron chi connectivity index (χ1n) is 9.43. The molecule has 0 aromatic carbocycles. The minimum absolute atomic E-state index is 0.0613. The van der Waals surface area contributed by atoms with Gasteiger partial charge in [0.2, 0.25) is 0 Å². The molecule has 0 saturated heterocycles. The number of halogens is 1. The summed E-state index contributed by atoms with van der Waals surface area (Å²) in [6.45, 7) is 4.63. The zero-order valence-electron chi connectivity index (χ0n) is 14.6. The van der Waals surface area contributed by atoms with Crippen LogP contribution in [-0.2, 0) is 9.53 Å². The summed E-state index contributed by atoms with van der Waals surface area (Å²) in [5.41, 5.74) is 0.931. The molecule has 24 heavy (non-hydrogen) atoms. The van der Waals surface area contributed by atoms with Crippen LogP contribution in [0.5, 0.6) is 0 Å². The van der Waals surface area contributed by atoms with Crippen molar-refractivity contribution >= 4 is 22.8 Å². The van der Waals surface area contributed by atoms with Crippen LogP contribution in [-0.4, -0.2) is 17.3 Å². The van der Waals surface area contributed by atoms with Crippen LogP contribution in [0.15, 0.2) is 11.6 Å². The molecule has 1 unspecified atom stereocenters. The molecule has 6 atom stereocenters. The lowest BCUT2D eigenvalue weighted by molar-refractivity contribution is -0.131. The third kappa shape index (κ3) is 2.30. The number of hydrogen-bond acceptors (Lipinski definition) is 3. The average molecular weight is 351 g/mol. The number of allylic oxidation sites excluding steroid dienone is 1. The summed E-state index contributed by atoms with van der Waals surface area (Å²) in [5.74, 6) is 2.39. The van der Waals surface area contributed by atoms with Crippen LogP contribution in [0.2, 0.25) is 0 Å². The highest BCUT2D eigenvalue weighted by molar-refractivity contribution is 6.61. The van der Waals surface area contributed by atoms with Crippen molar-refractivity contribution in [1.29, 1.82) is 0 Å². The highest BCUT2D eigenvalue weighted by Gasteiger charge is 2.58. The monoisotopic (exact) mass is 350 g/mol. The van der Waals surface area contributed by atoms with E-state index in [-0.39, 0.29) is 16.9 Å². The fourth-order valence-corrected chi connectivity index (χ4v) is 6.76. The van der Waals surface area contributed by atoms with Gasteiger partial charge in [0, 0.05) is 29.9 Å². The van der Waals surface area contributed by atoms with Crippen molar-refractivity contribution in [2.45, 2.75) is 71.3 Å². The molecule has 0 spiro atoms. The van der Waals surface area contributed by atoms with Crippen LogP contribution in [0, 0.1) is 28.6 Å². The smallest absolute Gasteiger partial charge is 0.404 e. The molecule has 0 N–H and O–H groups in total. The quantitative estimate of drug-likeness (QED) is 0.478. The van der Waals surface area contributed by atoms with Gasteiger partial charge in [0.15, 0.2) is 0 Å². The zero-order valence-corrected chi connectivity index (χ0v) is 15.4. The van der Waals surface area contributed by atoms with E-state index in [0.717, 1.165) is 51.4 Å². The van der Waals surface area contributed by atoms with E-state index < -0.39 is 5.43 Å². The van der Waals surface area contributed by atoms with Crippen LogP contribution in [0.1, 0.15) is 65.2 Å². The topological polar surface area (TPSA) is 43.4 Å². The maximum Gasteiger partial charge on any atom is 0.404 e. The number of carbonyl (C=O) groups is 2. The molecule has 132 valence electrons. The number of carbonyl (C=O) groups excluding carboxylic acids is 2. The maximum absolute atomic E-state index is 12.4. The predicted octanol–water partition coefficient (Wildman–Crippen LogP) is 5.26. The molecule has 0 aliphatic heterocycles. The average Bonchev–Trinajstić information content (AvgIpc) is 2.83. The Labute approximate surface area is 149 Å². The van der Waals surface area contributed by atoms with Gasteiger partial charge < -0.3 is 4.74 Å². The molecule has 4 aliphatic carbocycles. The van der Waals surface area contributed by atoms with Gasteiger partial charge >= 0.3 is 5.43 Å². The van der Waals surface area contributed by atoms with E-state index in [0.29, 0.717) is 23.5 Å². The van der Waals surface area contributed by atoms with Crippen LogP contribution in [0.3, 0.4) is 0 Å². The van der Waals surface area contributed by atoms with Gasteiger partial charge in [-0.3, -0.25) is 4.79 Å². The first-order chi connectivity index (χ1) is 11.3. The Morgan fingerprint density at radius 1 is 1.17 bits per heavy atom. The van der Waals surface area contributed by atoms with Gasteiger partial charge in [-0.1, -0.05) is 25.5 Å². The van der Waals surface area contributed by atoms with Gasteiger partial charge in [0.05, 0.1) is 0 Å². The molecule has 3 nitrogen and oxygen atoms in total. The van der Waals surface area contributed by atoms with Crippen LogP contribution >= 0.6 is 11.6 Å². The summed E-state index contributed by atoms with van der Waals surface area (Å²) in [4.78, 5) is 23.5. The second kappa shape index (κ2) is 5.59. The third-order valence-electron chi connectivity index (χ3n) is 8.03. The van der Waals surface area contributed by atoms with Gasteiger partial charge in [0.1, 0.15) is 11.9 Å². The van der Waals surface area contributed by atoms with E-state index in [9.17, 15) is 9.59 Å². The van der Waals surface area contributed by atoms with Crippen molar-refractivity contribution < 1.29 is 14.3 Å². The Morgan fingerprint density at radius 2 is 1.88 bits per heavy atom. The first kappa shape index (κ1) is 16.6. The van der Waals surface area contributed by atoms with Crippen molar-refractivity contribution in [3.63, 3.8) is 0 Å². The number of ether oxygens (including phenoxy) is 1. The van der Waals surface area contributed by atoms with E-state index in [1.807, 2.05) is 0 Å². The van der Waals surface area contributed by atoms with E-state index in [1.165, 1.54) is 5.57 Å². The first-order valence-corrected chi connectivity index (χ1v) is 9.81. The second-order valence-electron chi connectivity index (χ2n) is 8.90. The van der Waals surface area contributed by atoms with Crippen LogP contribution in [0.25, 0.3) is 0 Å². The lowest BCUT2D eigenvalue weighted by Gasteiger charge is -2.56. The Morgan fingerprint density at radius 3 is 2.62 bits per heavy atom. The maximum atomic E-state index is 12.4. The Hall–Kier alpha value is -0.830. The second-order valence-corrected chi connectivity index (χ2v) is 9.21. The van der Waals surface area contributed by atoms with E-state index in [1.54, 1.807) is 0 Å². The molecule has 3 saturated carbocycles. The highest BCUT2D eigenvalue weighted by Crippen LogP contribution is 2.64. The van der Waals surface area contributed by atoms with Gasteiger partial charge in [-0.25, -0.2) is 4.79 Å². The highest BCUT2D eigenvalue weighted by atomic mass is 35.5. The Balaban J connectivity index is 1.60. The summed E-state index contributed by atoms with van der Waals surface area (Å²) < 4.78 is 5.26. The van der Waals surface area contributed by atoms with Crippen molar-refractivity contribution in [3.05, 3.63) is 11.6 Å². The molecule has 0 amide bonds. The fourth-order valence-electron chi connectivity index (χ4n) is 6.63. The summed E-state index contributed by atoms with van der Waals surface area (Å²) in [6, 6.07) is 0. The fraction of sp³-hybridized carbons (Fsp3) is 0.800. The standard InChI is InChI=1S/C20H27ClO3/c1-19-9-7-13(24-18(21)23)11-12(19)3-4-14-15-5-6-17(22)20(15,2)10-8-16(14)19/h3,13-16H,4-11H2,1-2H3/t13?,14-,15-,16+,19-,20-/m0/s1. The number of hydrogen-bond donors (Lipinski definition) is 0. The van der Waals surface area contributed by atoms with Crippen molar-refractivity contribution in [3.8, 4) is 0 Å². The number of fused-ring (bicyclic) bond motifs is 5. The Bertz CT molecular complexity index is 612. The number of rotatable bonds is 1. The molecular formula is C20H27ClO3. The molecule has 4 heteroatoms. The van der Waals surface area contributed by atoms with Gasteiger partial charge in [-0.15, -0.1) is 0 Å².